The van der Waals surface area contributed by atoms with E-state index in [0.717, 1.165) is 0 Å². The van der Waals surface area contributed by atoms with Gasteiger partial charge in [0.15, 0.2) is 12.1 Å². The van der Waals surface area contributed by atoms with Gasteiger partial charge in [-0.2, -0.15) is 0 Å². The van der Waals surface area contributed by atoms with E-state index in [9.17, 15) is 30.3 Å². The summed E-state index contributed by atoms with van der Waals surface area (Å²) in [6.45, 7) is 2.01. The number of aliphatic hydroxyl groups is 5. The van der Waals surface area contributed by atoms with Crippen LogP contribution < -0.4 is 33.6 Å². The minimum absolute atomic E-state index is 0.121. The van der Waals surface area contributed by atoms with E-state index < -0.39 is 90.2 Å². The van der Waals surface area contributed by atoms with Gasteiger partial charge in [-0.1, -0.05) is 0 Å². The highest BCUT2D eigenvalue weighted by molar-refractivity contribution is 5.91. The Labute approximate surface area is 257 Å². The number of nitrogens with two attached hydrogens (primary N) is 4. The lowest BCUT2D eigenvalue weighted by molar-refractivity contribution is -0.308. The van der Waals surface area contributed by atoms with Gasteiger partial charge in [-0.15, -0.1) is 0 Å². The van der Waals surface area contributed by atoms with Crippen LogP contribution in [0.5, 0.6) is 0 Å². The van der Waals surface area contributed by atoms with Gasteiger partial charge in [-0.05, 0) is 51.8 Å². The monoisotopic (exact) mass is 632 g/mol. The molecule has 4 aliphatic rings. The quantitative estimate of drug-likeness (QED) is 0.0856. The van der Waals surface area contributed by atoms with Gasteiger partial charge < -0.3 is 78.0 Å². The Morgan fingerprint density at radius 3 is 2.45 bits per heavy atom. The second-order valence-electron chi connectivity index (χ2n) is 12.8. The largest absolute Gasteiger partial charge is 0.467 e. The lowest BCUT2D eigenvalue weighted by Gasteiger charge is -2.49. The molecular formula is C28H52N6O10. The van der Waals surface area contributed by atoms with Crippen LogP contribution in [0, 0.1) is 5.92 Å². The zero-order chi connectivity index (χ0) is 32.4. The first kappa shape index (κ1) is 35.5. The summed E-state index contributed by atoms with van der Waals surface area (Å²) in [5.41, 5.74) is 20.7. The standard InChI is InChI=1S/C28H52N6O10/c1-27(39)12-41-26(21(38)24(27)33-2)43-22-13(8-19(36)28(40)9-18(28)32)7-16(31)23(20(22)37)44-25-17(4-3-15(10-30)42-25)34-11-14(35)5-6-29/h3,13-14,16-18,20-26,33-35,37-40H,4-12,29-32H2,1-2H3/t13-,14?,16-,17+,18?,20+,21+,22-,23?,24+,25+,26+,27-,28?/m0/s1. The molecule has 15 N–H and O–H groups in total. The number of aliphatic hydroxyl groups excluding tert-OH is 3. The van der Waals surface area contributed by atoms with Crippen molar-refractivity contribution >= 4 is 5.78 Å². The number of Topliss-reactive ketones (excluding diaryl/α,β-unsaturated/α-hetero) is 1. The zero-order valence-electron chi connectivity index (χ0n) is 25.5. The molecule has 16 nitrogen and oxygen atoms in total. The first-order valence-corrected chi connectivity index (χ1v) is 15.4. The average Bonchev–Trinajstić information content (AvgIpc) is 3.60. The van der Waals surface area contributed by atoms with Gasteiger partial charge >= 0.3 is 0 Å². The summed E-state index contributed by atoms with van der Waals surface area (Å²) in [6.07, 6.45) is -5.06. The van der Waals surface area contributed by atoms with Crippen LogP contribution >= 0.6 is 0 Å². The van der Waals surface area contributed by atoms with Crippen molar-refractivity contribution in [3.8, 4) is 0 Å². The van der Waals surface area contributed by atoms with E-state index in [1.54, 1.807) is 7.05 Å². The summed E-state index contributed by atoms with van der Waals surface area (Å²) in [5.74, 6) is -0.691. The van der Waals surface area contributed by atoms with E-state index in [1.807, 2.05) is 6.08 Å². The Morgan fingerprint density at radius 2 is 1.84 bits per heavy atom. The summed E-state index contributed by atoms with van der Waals surface area (Å²) in [5, 5.41) is 60.3. The molecule has 2 aliphatic carbocycles. The first-order chi connectivity index (χ1) is 20.7. The first-order valence-electron chi connectivity index (χ1n) is 15.4. The number of carbonyl (C=O) groups is 1. The Bertz CT molecular complexity index is 1010. The molecule has 0 radical (unpaired) electrons. The number of hydrogen-bond donors (Lipinski definition) is 11. The van der Waals surface area contributed by atoms with Crippen molar-refractivity contribution < 1.29 is 49.3 Å². The van der Waals surface area contributed by atoms with Crippen molar-refractivity contribution in [2.75, 3.05) is 33.3 Å². The summed E-state index contributed by atoms with van der Waals surface area (Å²) < 4.78 is 24.2. The fraction of sp³-hybridized carbons (Fsp3) is 0.893. The van der Waals surface area contributed by atoms with Gasteiger partial charge in [0.2, 0.25) is 6.29 Å². The average molecular weight is 633 g/mol. The number of ketones is 1. The highest BCUT2D eigenvalue weighted by Gasteiger charge is 2.58. The van der Waals surface area contributed by atoms with Crippen LogP contribution in [-0.4, -0.2) is 143 Å². The number of carbonyl (C=O) groups excluding carboxylic acids is 1. The predicted molar refractivity (Wildman–Crippen MR) is 156 cm³/mol. The molecule has 3 fully saturated rings. The number of nitrogens with one attached hydrogen (secondary N) is 2. The Morgan fingerprint density at radius 1 is 1.16 bits per heavy atom. The third-order valence-electron chi connectivity index (χ3n) is 9.29. The second-order valence-corrected chi connectivity index (χ2v) is 12.8. The molecule has 254 valence electrons. The van der Waals surface area contributed by atoms with Gasteiger partial charge in [0.05, 0.1) is 37.4 Å². The van der Waals surface area contributed by atoms with Crippen molar-refractivity contribution in [2.24, 2.45) is 28.9 Å². The molecule has 0 bridgehead atoms. The number of rotatable bonds is 14. The van der Waals surface area contributed by atoms with Crippen LogP contribution in [0.1, 0.15) is 39.0 Å². The van der Waals surface area contributed by atoms with E-state index in [-0.39, 0.29) is 39.0 Å². The van der Waals surface area contributed by atoms with Crippen LogP contribution in [0.4, 0.5) is 0 Å². The van der Waals surface area contributed by atoms with Crippen LogP contribution in [0.2, 0.25) is 0 Å². The number of likely N-dealkylation sites (N-methyl/N-ethyl adjacent to an activating group) is 1. The van der Waals surface area contributed by atoms with Gasteiger partial charge in [0.1, 0.15) is 35.3 Å². The number of hydrogen-bond acceptors (Lipinski definition) is 16. The maximum absolute atomic E-state index is 13.1. The molecule has 0 aromatic heterocycles. The van der Waals surface area contributed by atoms with Crippen LogP contribution in [0.3, 0.4) is 0 Å². The summed E-state index contributed by atoms with van der Waals surface area (Å²) in [7, 11) is 1.58. The van der Waals surface area contributed by atoms with Gasteiger partial charge in [-0.25, -0.2) is 0 Å². The molecule has 0 aromatic carbocycles. The molecule has 0 spiro atoms. The number of ether oxygens (including phenoxy) is 4. The van der Waals surface area contributed by atoms with Crippen molar-refractivity contribution in [2.45, 2.75) is 117 Å². The molecular weight excluding hydrogens is 580 g/mol. The van der Waals surface area contributed by atoms with Crippen molar-refractivity contribution in [3.63, 3.8) is 0 Å². The SMILES string of the molecule is CN[C@@H]1[C@@H](O)[C@@H](O[C@H]2[C@H](CC(=O)C3(O)CC3N)C[C@H](N)C(O[C@H]3OC(CN)=CC[C@H]3NCC(O)CCN)[C@@H]2O)OC[C@]1(C)O. The van der Waals surface area contributed by atoms with Crippen LogP contribution in [0.25, 0.3) is 0 Å². The van der Waals surface area contributed by atoms with Crippen LogP contribution in [0.15, 0.2) is 11.8 Å². The normalized spacial score (nSPS) is 44.9. The molecule has 14 atom stereocenters. The van der Waals surface area contributed by atoms with Crippen molar-refractivity contribution in [1.29, 1.82) is 0 Å². The van der Waals surface area contributed by atoms with Gasteiger partial charge in [-0.3, -0.25) is 4.79 Å². The van der Waals surface area contributed by atoms with E-state index >= 15 is 0 Å². The summed E-state index contributed by atoms with van der Waals surface area (Å²) in [6, 6.07) is -2.70. The van der Waals surface area contributed by atoms with Gasteiger partial charge in [0, 0.05) is 31.5 Å². The fourth-order valence-electron chi connectivity index (χ4n) is 6.46. The molecule has 4 rings (SSSR count). The third-order valence-corrected chi connectivity index (χ3v) is 9.29. The minimum atomic E-state index is -1.64. The minimum Gasteiger partial charge on any atom is -0.467 e. The highest BCUT2D eigenvalue weighted by atomic mass is 16.7. The lowest BCUT2D eigenvalue weighted by atomic mass is 9.76. The lowest BCUT2D eigenvalue weighted by Crippen LogP contribution is -2.67. The summed E-state index contributed by atoms with van der Waals surface area (Å²) in [4.78, 5) is 13.1. The Kier molecular flexibility index (Phi) is 11.8. The molecule has 2 aliphatic heterocycles. The summed E-state index contributed by atoms with van der Waals surface area (Å²) >= 11 is 0. The molecule has 2 heterocycles. The fourth-order valence-corrected chi connectivity index (χ4v) is 6.46. The molecule has 1 saturated heterocycles. The van der Waals surface area contributed by atoms with E-state index in [1.165, 1.54) is 6.92 Å². The van der Waals surface area contributed by atoms with E-state index in [4.69, 9.17) is 41.9 Å². The highest BCUT2D eigenvalue weighted by Crippen LogP contribution is 2.41. The molecule has 44 heavy (non-hydrogen) atoms. The maximum Gasteiger partial charge on any atom is 0.215 e. The Hall–Kier alpha value is -1.35. The van der Waals surface area contributed by atoms with Gasteiger partial charge in [0.25, 0.3) is 0 Å². The molecule has 4 unspecified atom stereocenters. The maximum atomic E-state index is 13.1. The van der Waals surface area contributed by atoms with E-state index in [2.05, 4.69) is 10.6 Å². The van der Waals surface area contributed by atoms with Crippen LogP contribution in [-0.2, 0) is 23.7 Å². The topological polar surface area (TPSA) is 283 Å². The molecule has 2 saturated carbocycles. The van der Waals surface area contributed by atoms with Crippen molar-refractivity contribution in [1.82, 2.24) is 10.6 Å². The smallest absolute Gasteiger partial charge is 0.215 e. The van der Waals surface area contributed by atoms with E-state index in [0.29, 0.717) is 25.1 Å². The zero-order valence-corrected chi connectivity index (χ0v) is 25.5. The molecule has 16 heteroatoms. The Balaban J connectivity index is 1.54. The second kappa shape index (κ2) is 14.6. The van der Waals surface area contributed by atoms with Crippen molar-refractivity contribution in [3.05, 3.63) is 11.8 Å². The third kappa shape index (κ3) is 7.78. The molecule has 0 aromatic rings. The molecule has 0 amide bonds. The predicted octanol–water partition coefficient (Wildman–Crippen LogP) is -4.80.